The molecule has 0 aliphatic rings. The van der Waals surface area contributed by atoms with Crippen LogP contribution in [0.2, 0.25) is 0 Å². The summed E-state index contributed by atoms with van der Waals surface area (Å²) >= 11 is 0. The fourth-order valence-electron chi connectivity index (χ4n) is 1.42. The molecule has 14 heavy (non-hydrogen) atoms. The van der Waals surface area contributed by atoms with Gasteiger partial charge in [-0.05, 0) is 19.1 Å². The average molecular weight is 184 g/mol. The van der Waals surface area contributed by atoms with Gasteiger partial charge in [0.1, 0.15) is 11.8 Å². The second-order valence-corrected chi connectivity index (χ2v) is 3.21. The Morgan fingerprint density at radius 2 is 2.14 bits per heavy atom. The van der Waals surface area contributed by atoms with Crippen molar-refractivity contribution in [1.29, 1.82) is 5.26 Å². The molecule has 2 aromatic rings. The van der Waals surface area contributed by atoms with E-state index in [2.05, 4.69) is 4.98 Å². The number of pyridine rings is 1. The monoisotopic (exact) mass is 184 g/mol. The van der Waals surface area contributed by atoms with Gasteiger partial charge in [-0.15, -0.1) is 0 Å². The number of nitriles is 1. The van der Waals surface area contributed by atoms with Crippen molar-refractivity contribution < 1.29 is 0 Å². The zero-order valence-corrected chi connectivity index (χ0v) is 7.66. The highest BCUT2D eigenvalue weighted by Gasteiger charge is 2.00. The molecule has 1 aromatic heterocycles. The van der Waals surface area contributed by atoms with Gasteiger partial charge in [0.15, 0.2) is 5.43 Å². The zero-order chi connectivity index (χ0) is 10.1. The van der Waals surface area contributed by atoms with E-state index in [0.29, 0.717) is 16.6 Å². The highest BCUT2D eigenvalue weighted by molar-refractivity contribution is 5.79. The molecule has 0 aliphatic heterocycles. The van der Waals surface area contributed by atoms with E-state index in [1.54, 1.807) is 0 Å². The number of hydrogen-bond acceptors (Lipinski definition) is 2. The van der Waals surface area contributed by atoms with Gasteiger partial charge in [-0.2, -0.15) is 5.26 Å². The molecule has 68 valence electrons. The lowest BCUT2D eigenvalue weighted by Gasteiger charge is -1.99. The molecule has 3 nitrogen and oxygen atoms in total. The highest BCUT2D eigenvalue weighted by atomic mass is 16.1. The van der Waals surface area contributed by atoms with Crippen LogP contribution >= 0.6 is 0 Å². The largest absolute Gasteiger partial charge is 0.346 e. The van der Waals surface area contributed by atoms with Crippen LogP contribution in [0.1, 0.15) is 11.3 Å². The third-order valence-corrected chi connectivity index (χ3v) is 2.11. The second-order valence-electron chi connectivity index (χ2n) is 3.21. The Morgan fingerprint density at radius 1 is 1.36 bits per heavy atom. The van der Waals surface area contributed by atoms with Crippen LogP contribution in [0.15, 0.2) is 29.1 Å². The van der Waals surface area contributed by atoms with Gasteiger partial charge in [0, 0.05) is 11.5 Å². The predicted octanol–water partition coefficient (Wildman–Crippen LogP) is 1.71. The van der Waals surface area contributed by atoms with E-state index in [0.717, 1.165) is 5.56 Å². The van der Waals surface area contributed by atoms with E-state index < -0.39 is 0 Å². The van der Waals surface area contributed by atoms with Gasteiger partial charge in [-0.25, -0.2) is 0 Å². The number of aromatic amines is 1. The number of fused-ring (bicyclic) bond motifs is 1. The van der Waals surface area contributed by atoms with Gasteiger partial charge in [-0.1, -0.05) is 11.6 Å². The van der Waals surface area contributed by atoms with Gasteiger partial charge in [0.25, 0.3) is 0 Å². The number of benzene rings is 1. The first-order chi connectivity index (χ1) is 6.70. The van der Waals surface area contributed by atoms with Crippen LogP contribution < -0.4 is 5.43 Å². The molecule has 0 bridgehead atoms. The summed E-state index contributed by atoms with van der Waals surface area (Å²) in [6.45, 7) is 1.93. The Labute approximate surface area is 80.6 Å². The van der Waals surface area contributed by atoms with Crippen LogP contribution in [-0.2, 0) is 0 Å². The first kappa shape index (κ1) is 8.52. The molecule has 0 saturated heterocycles. The Bertz CT molecular complexity index is 590. The Morgan fingerprint density at radius 3 is 2.86 bits per heavy atom. The Kier molecular flexibility index (Phi) is 1.83. The van der Waals surface area contributed by atoms with Crippen LogP contribution in [0.5, 0.6) is 0 Å². The summed E-state index contributed by atoms with van der Waals surface area (Å²) in [4.78, 5) is 14.4. The van der Waals surface area contributed by atoms with Crippen LogP contribution in [0.3, 0.4) is 0 Å². The van der Waals surface area contributed by atoms with E-state index in [4.69, 9.17) is 5.26 Å². The maximum absolute atomic E-state index is 11.5. The molecule has 1 aromatic carbocycles. The van der Waals surface area contributed by atoms with Crippen LogP contribution in [0.25, 0.3) is 10.9 Å². The molecule has 0 saturated carbocycles. The van der Waals surface area contributed by atoms with E-state index in [9.17, 15) is 4.79 Å². The lowest BCUT2D eigenvalue weighted by molar-refractivity contribution is 1.30. The second kappa shape index (κ2) is 3.00. The fourth-order valence-corrected chi connectivity index (χ4v) is 1.42. The lowest BCUT2D eigenvalue weighted by Crippen LogP contribution is -2.03. The van der Waals surface area contributed by atoms with Crippen molar-refractivity contribution in [3.05, 3.63) is 45.7 Å². The molecule has 0 aliphatic carbocycles. The quantitative estimate of drug-likeness (QED) is 0.677. The van der Waals surface area contributed by atoms with E-state index >= 15 is 0 Å². The van der Waals surface area contributed by atoms with Crippen molar-refractivity contribution in [2.45, 2.75) is 6.92 Å². The van der Waals surface area contributed by atoms with Gasteiger partial charge in [0.2, 0.25) is 0 Å². The number of rotatable bonds is 0. The zero-order valence-electron chi connectivity index (χ0n) is 7.66. The van der Waals surface area contributed by atoms with Crippen molar-refractivity contribution in [2.24, 2.45) is 0 Å². The average Bonchev–Trinajstić information content (AvgIpc) is 2.19. The normalized spacial score (nSPS) is 10.0. The molecule has 1 N–H and O–H groups in total. The minimum absolute atomic E-state index is 0.112. The van der Waals surface area contributed by atoms with Gasteiger partial charge >= 0.3 is 0 Å². The molecule has 2 rings (SSSR count). The fraction of sp³-hybridized carbons (Fsp3) is 0.0909. The molecule has 0 spiro atoms. The maximum Gasteiger partial charge on any atom is 0.190 e. The first-order valence-corrected chi connectivity index (χ1v) is 4.24. The lowest BCUT2D eigenvalue weighted by atomic mass is 10.1. The number of aryl methyl sites for hydroxylation is 1. The number of aromatic nitrogens is 1. The van der Waals surface area contributed by atoms with E-state index in [1.165, 1.54) is 6.07 Å². The molecule has 0 unspecified atom stereocenters. The molecule has 0 radical (unpaired) electrons. The van der Waals surface area contributed by atoms with Gasteiger partial charge in [0.05, 0.1) is 5.52 Å². The standard InChI is InChI=1S/C11H8N2O/c1-7-2-3-10-9(4-7)11(14)5-8(6-12)13-10/h2-5H,1H3,(H,13,14). The van der Waals surface area contributed by atoms with E-state index in [1.807, 2.05) is 31.2 Å². The third-order valence-electron chi connectivity index (χ3n) is 2.11. The van der Waals surface area contributed by atoms with Crippen molar-refractivity contribution in [3.8, 4) is 6.07 Å². The number of nitrogens with zero attached hydrogens (tertiary/aromatic N) is 1. The van der Waals surface area contributed by atoms with Crippen LogP contribution in [-0.4, -0.2) is 4.98 Å². The van der Waals surface area contributed by atoms with Crippen LogP contribution in [0, 0.1) is 18.3 Å². The molecular weight excluding hydrogens is 176 g/mol. The minimum atomic E-state index is -0.112. The third kappa shape index (κ3) is 1.27. The maximum atomic E-state index is 11.5. The predicted molar refractivity (Wildman–Crippen MR) is 54.0 cm³/mol. The van der Waals surface area contributed by atoms with Gasteiger partial charge in [-0.3, -0.25) is 4.79 Å². The molecule has 0 fully saturated rings. The number of hydrogen-bond donors (Lipinski definition) is 1. The summed E-state index contributed by atoms with van der Waals surface area (Å²) < 4.78 is 0. The summed E-state index contributed by atoms with van der Waals surface area (Å²) in [6.07, 6.45) is 0. The van der Waals surface area contributed by atoms with Gasteiger partial charge < -0.3 is 4.98 Å². The summed E-state index contributed by atoms with van der Waals surface area (Å²) in [5.74, 6) is 0. The molecule has 0 atom stereocenters. The topological polar surface area (TPSA) is 56.6 Å². The molecule has 3 heteroatoms. The minimum Gasteiger partial charge on any atom is -0.346 e. The molecule has 0 amide bonds. The van der Waals surface area contributed by atoms with Crippen molar-refractivity contribution in [2.75, 3.05) is 0 Å². The van der Waals surface area contributed by atoms with Crippen molar-refractivity contribution >= 4 is 10.9 Å². The van der Waals surface area contributed by atoms with Crippen LogP contribution in [0.4, 0.5) is 0 Å². The first-order valence-electron chi connectivity index (χ1n) is 4.24. The SMILES string of the molecule is Cc1ccc2[nH]c(C#N)cc(=O)c2c1. The number of H-pyrrole nitrogens is 1. The molecular formula is C11H8N2O. The highest BCUT2D eigenvalue weighted by Crippen LogP contribution is 2.09. The Balaban J connectivity index is 2.92. The number of nitrogens with one attached hydrogen (secondary N) is 1. The van der Waals surface area contributed by atoms with Crippen molar-refractivity contribution in [1.82, 2.24) is 4.98 Å². The van der Waals surface area contributed by atoms with E-state index in [-0.39, 0.29) is 5.43 Å². The van der Waals surface area contributed by atoms with Crippen molar-refractivity contribution in [3.63, 3.8) is 0 Å². The smallest absolute Gasteiger partial charge is 0.190 e. The summed E-state index contributed by atoms with van der Waals surface area (Å²) in [6, 6.07) is 8.77. The summed E-state index contributed by atoms with van der Waals surface area (Å²) in [5, 5.41) is 9.28. The molecule has 1 heterocycles. The Hall–Kier alpha value is -2.08. The summed E-state index contributed by atoms with van der Waals surface area (Å²) in [5.41, 5.74) is 1.93. The summed E-state index contributed by atoms with van der Waals surface area (Å²) in [7, 11) is 0.